The lowest BCUT2D eigenvalue weighted by molar-refractivity contribution is 0.171. The second-order valence-electron chi connectivity index (χ2n) is 4.45. The minimum atomic E-state index is 0.0373. The van der Waals surface area contributed by atoms with Gasteiger partial charge in [0, 0.05) is 24.9 Å². The van der Waals surface area contributed by atoms with Crippen molar-refractivity contribution in [1.82, 2.24) is 14.7 Å². The standard InChI is InChI=1S/C12H16N4O2/c13-7-10-14-12(18-15-10)11(9-3-6-17-8-9)16-4-1-2-5-16/h1-2,4-5,9,11H,3,6-8,13H2/t9-,11+/m0/s1. The maximum absolute atomic E-state index is 5.52. The Balaban J connectivity index is 1.93. The van der Waals surface area contributed by atoms with E-state index in [0.29, 0.717) is 24.2 Å². The summed E-state index contributed by atoms with van der Waals surface area (Å²) in [7, 11) is 0. The van der Waals surface area contributed by atoms with Crippen LogP contribution in [0.2, 0.25) is 0 Å². The van der Waals surface area contributed by atoms with Crippen molar-refractivity contribution in [3.8, 4) is 0 Å². The van der Waals surface area contributed by atoms with Crippen LogP contribution < -0.4 is 5.73 Å². The molecule has 0 bridgehead atoms. The number of nitrogens with zero attached hydrogens (tertiary/aromatic N) is 3. The number of rotatable bonds is 4. The van der Waals surface area contributed by atoms with E-state index < -0.39 is 0 Å². The maximum Gasteiger partial charge on any atom is 0.250 e. The monoisotopic (exact) mass is 248 g/mol. The van der Waals surface area contributed by atoms with Crippen molar-refractivity contribution in [3.63, 3.8) is 0 Å². The molecule has 1 saturated heterocycles. The predicted molar refractivity (Wildman–Crippen MR) is 63.7 cm³/mol. The summed E-state index contributed by atoms with van der Waals surface area (Å²) in [5.41, 5.74) is 5.52. The van der Waals surface area contributed by atoms with Crippen molar-refractivity contribution < 1.29 is 9.26 Å². The SMILES string of the molecule is NCc1noc([C@@H]([C@H]2CCOC2)n2cccc2)n1. The van der Waals surface area contributed by atoms with Gasteiger partial charge in [-0.2, -0.15) is 4.98 Å². The summed E-state index contributed by atoms with van der Waals surface area (Å²) in [5.74, 6) is 1.52. The van der Waals surface area contributed by atoms with Gasteiger partial charge in [0.2, 0.25) is 5.89 Å². The molecule has 0 amide bonds. The summed E-state index contributed by atoms with van der Waals surface area (Å²) in [6, 6.07) is 4.02. The third-order valence-electron chi connectivity index (χ3n) is 3.28. The third-order valence-corrected chi connectivity index (χ3v) is 3.28. The summed E-state index contributed by atoms with van der Waals surface area (Å²) < 4.78 is 12.9. The van der Waals surface area contributed by atoms with Crippen LogP contribution in [0.1, 0.15) is 24.2 Å². The van der Waals surface area contributed by atoms with E-state index >= 15 is 0 Å². The smallest absolute Gasteiger partial charge is 0.250 e. The van der Waals surface area contributed by atoms with E-state index in [1.54, 1.807) is 0 Å². The van der Waals surface area contributed by atoms with E-state index in [2.05, 4.69) is 14.7 Å². The van der Waals surface area contributed by atoms with E-state index in [0.717, 1.165) is 19.6 Å². The maximum atomic E-state index is 5.52. The quantitative estimate of drug-likeness (QED) is 0.871. The van der Waals surface area contributed by atoms with Crippen molar-refractivity contribution in [2.75, 3.05) is 13.2 Å². The highest BCUT2D eigenvalue weighted by Crippen LogP contribution is 2.31. The minimum absolute atomic E-state index is 0.0373. The van der Waals surface area contributed by atoms with Crippen LogP contribution in [0.4, 0.5) is 0 Å². The molecule has 0 unspecified atom stereocenters. The number of nitrogens with two attached hydrogens (primary N) is 1. The third kappa shape index (κ3) is 2.04. The molecule has 2 aromatic rings. The summed E-state index contributed by atoms with van der Waals surface area (Å²) >= 11 is 0. The molecule has 2 N–H and O–H groups in total. The van der Waals surface area contributed by atoms with Gasteiger partial charge < -0.3 is 19.6 Å². The normalized spacial score (nSPS) is 21.3. The average Bonchev–Trinajstić information content (AvgIpc) is 3.13. The Labute approximate surface area is 105 Å². The molecule has 0 aromatic carbocycles. The van der Waals surface area contributed by atoms with Gasteiger partial charge in [0.1, 0.15) is 6.04 Å². The van der Waals surface area contributed by atoms with Crippen molar-refractivity contribution in [1.29, 1.82) is 0 Å². The van der Waals surface area contributed by atoms with Gasteiger partial charge in [-0.1, -0.05) is 5.16 Å². The molecule has 6 heteroatoms. The van der Waals surface area contributed by atoms with Crippen molar-refractivity contribution in [3.05, 3.63) is 36.2 Å². The number of aromatic nitrogens is 3. The number of hydrogen-bond acceptors (Lipinski definition) is 5. The van der Waals surface area contributed by atoms with E-state index in [-0.39, 0.29) is 6.04 Å². The Bertz CT molecular complexity index is 488. The molecule has 1 fully saturated rings. The molecule has 1 aliphatic heterocycles. The van der Waals surface area contributed by atoms with Gasteiger partial charge in [0.15, 0.2) is 5.82 Å². The molecule has 1 aliphatic rings. The molecule has 0 saturated carbocycles. The van der Waals surface area contributed by atoms with E-state index in [4.69, 9.17) is 15.0 Å². The van der Waals surface area contributed by atoms with Crippen molar-refractivity contribution in [2.45, 2.75) is 19.0 Å². The molecule has 3 rings (SSSR count). The highest BCUT2D eigenvalue weighted by atomic mass is 16.5. The molecule has 0 spiro atoms. The fraction of sp³-hybridized carbons (Fsp3) is 0.500. The Morgan fingerprint density at radius 1 is 1.44 bits per heavy atom. The number of hydrogen-bond donors (Lipinski definition) is 1. The highest BCUT2D eigenvalue weighted by Gasteiger charge is 2.32. The second-order valence-corrected chi connectivity index (χ2v) is 4.45. The van der Waals surface area contributed by atoms with Gasteiger partial charge in [-0.3, -0.25) is 0 Å². The molecule has 0 aliphatic carbocycles. The van der Waals surface area contributed by atoms with Crippen LogP contribution in [0.25, 0.3) is 0 Å². The van der Waals surface area contributed by atoms with Gasteiger partial charge in [-0.05, 0) is 18.6 Å². The van der Waals surface area contributed by atoms with E-state index in [9.17, 15) is 0 Å². The first-order chi connectivity index (χ1) is 8.88. The zero-order valence-electron chi connectivity index (χ0n) is 10.0. The summed E-state index contributed by atoms with van der Waals surface area (Å²) in [6.07, 6.45) is 5.02. The fourth-order valence-corrected chi connectivity index (χ4v) is 2.38. The fourth-order valence-electron chi connectivity index (χ4n) is 2.38. The van der Waals surface area contributed by atoms with Crippen LogP contribution in [0, 0.1) is 5.92 Å². The van der Waals surface area contributed by atoms with Crippen molar-refractivity contribution in [2.24, 2.45) is 11.7 Å². The Morgan fingerprint density at radius 2 is 2.28 bits per heavy atom. The van der Waals surface area contributed by atoms with Gasteiger partial charge in [-0.15, -0.1) is 0 Å². The topological polar surface area (TPSA) is 79.1 Å². The Kier molecular flexibility index (Phi) is 3.12. The zero-order valence-corrected chi connectivity index (χ0v) is 10.0. The van der Waals surface area contributed by atoms with Gasteiger partial charge in [0.25, 0.3) is 0 Å². The molecule has 2 atom stereocenters. The molecule has 6 nitrogen and oxygen atoms in total. The van der Waals surface area contributed by atoms with E-state index in [1.807, 2.05) is 24.5 Å². The molecule has 96 valence electrons. The Hall–Kier alpha value is -1.66. The second kappa shape index (κ2) is 4.91. The van der Waals surface area contributed by atoms with Crippen LogP contribution in [0.5, 0.6) is 0 Å². The van der Waals surface area contributed by atoms with Crippen LogP contribution in [-0.2, 0) is 11.3 Å². The Morgan fingerprint density at radius 3 is 2.89 bits per heavy atom. The zero-order chi connectivity index (χ0) is 12.4. The largest absolute Gasteiger partial charge is 0.381 e. The predicted octanol–water partition coefficient (Wildman–Crippen LogP) is 0.956. The lowest BCUT2D eigenvalue weighted by atomic mass is 9.99. The van der Waals surface area contributed by atoms with E-state index in [1.165, 1.54) is 0 Å². The molecule has 18 heavy (non-hydrogen) atoms. The van der Waals surface area contributed by atoms with Crippen LogP contribution >= 0.6 is 0 Å². The highest BCUT2D eigenvalue weighted by molar-refractivity contribution is 5.04. The molecule has 0 radical (unpaired) electrons. The minimum Gasteiger partial charge on any atom is -0.381 e. The average molecular weight is 248 g/mol. The molecule has 3 heterocycles. The summed E-state index contributed by atoms with van der Waals surface area (Å²) in [4.78, 5) is 4.35. The van der Waals surface area contributed by atoms with Crippen molar-refractivity contribution >= 4 is 0 Å². The first-order valence-corrected chi connectivity index (χ1v) is 6.11. The van der Waals surface area contributed by atoms with Crippen LogP contribution in [-0.4, -0.2) is 27.9 Å². The number of ether oxygens (including phenoxy) is 1. The molecular formula is C12H16N4O2. The van der Waals surface area contributed by atoms with Gasteiger partial charge in [-0.25, -0.2) is 0 Å². The lowest BCUT2D eigenvalue weighted by Crippen LogP contribution is -2.20. The summed E-state index contributed by atoms with van der Waals surface area (Å²) in [5, 5.41) is 3.87. The van der Waals surface area contributed by atoms with Gasteiger partial charge >= 0.3 is 0 Å². The first-order valence-electron chi connectivity index (χ1n) is 6.11. The molecule has 2 aromatic heterocycles. The molecular weight excluding hydrogens is 232 g/mol. The first kappa shape index (κ1) is 11.4. The van der Waals surface area contributed by atoms with Gasteiger partial charge in [0.05, 0.1) is 13.2 Å². The summed E-state index contributed by atoms with van der Waals surface area (Å²) in [6.45, 7) is 1.81. The lowest BCUT2D eigenvalue weighted by Gasteiger charge is -2.20. The van der Waals surface area contributed by atoms with Crippen LogP contribution in [0.15, 0.2) is 29.0 Å². The van der Waals surface area contributed by atoms with Crippen LogP contribution in [0.3, 0.4) is 0 Å².